The number of aliphatic hydroxyl groups excluding tert-OH is 1. The minimum absolute atomic E-state index is 0.00343. The molecule has 6 nitrogen and oxygen atoms in total. The van der Waals surface area contributed by atoms with E-state index in [1.54, 1.807) is 55.6 Å². The molecule has 1 saturated heterocycles. The first kappa shape index (κ1) is 26.0. The topological polar surface area (TPSA) is 76.1 Å². The van der Waals surface area contributed by atoms with Gasteiger partial charge in [0.05, 0.1) is 24.8 Å². The highest BCUT2D eigenvalue weighted by Gasteiger charge is 2.47. The van der Waals surface area contributed by atoms with Gasteiger partial charge in [-0.1, -0.05) is 51.1 Å². The minimum Gasteiger partial charge on any atom is -0.507 e. The van der Waals surface area contributed by atoms with Crippen molar-refractivity contribution >= 4 is 23.1 Å². The predicted octanol–water partition coefficient (Wildman–Crippen LogP) is 6.41. The van der Waals surface area contributed by atoms with E-state index in [1.165, 1.54) is 4.90 Å². The number of aliphatic hydroxyl groups is 1. The fourth-order valence-electron chi connectivity index (χ4n) is 4.46. The van der Waals surface area contributed by atoms with E-state index in [4.69, 9.17) is 9.47 Å². The summed E-state index contributed by atoms with van der Waals surface area (Å²) in [5.74, 6) is -0.475. The molecule has 0 aromatic heterocycles. The first-order chi connectivity index (χ1) is 17.5. The Kier molecular flexibility index (Phi) is 7.12. The van der Waals surface area contributed by atoms with Crippen molar-refractivity contribution < 1.29 is 24.2 Å². The summed E-state index contributed by atoms with van der Waals surface area (Å²) in [6.45, 7) is 10.2. The van der Waals surface area contributed by atoms with Crippen LogP contribution in [0.4, 0.5) is 5.69 Å². The van der Waals surface area contributed by atoms with Crippen LogP contribution in [0.1, 0.15) is 57.4 Å². The number of hydrogen-bond donors (Lipinski definition) is 1. The summed E-state index contributed by atoms with van der Waals surface area (Å²) in [5.41, 5.74) is 2.75. The fraction of sp³-hybridized carbons (Fsp3) is 0.290. The van der Waals surface area contributed by atoms with E-state index < -0.39 is 17.7 Å². The van der Waals surface area contributed by atoms with E-state index in [2.05, 4.69) is 20.8 Å². The van der Waals surface area contributed by atoms with E-state index in [0.717, 1.165) is 11.1 Å². The zero-order valence-electron chi connectivity index (χ0n) is 22.1. The molecule has 0 radical (unpaired) electrons. The molecule has 1 aliphatic rings. The average Bonchev–Trinajstić information content (AvgIpc) is 3.13. The van der Waals surface area contributed by atoms with Crippen LogP contribution in [0.2, 0.25) is 0 Å². The van der Waals surface area contributed by atoms with Gasteiger partial charge in [-0.15, -0.1) is 0 Å². The van der Waals surface area contributed by atoms with Crippen LogP contribution in [0, 0.1) is 0 Å². The Balaban J connectivity index is 1.87. The number of anilines is 1. The number of ketones is 1. The highest BCUT2D eigenvalue weighted by atomic mass is 16.5. The quantitative estimate of drug-likeness (QED) is 0.241. The Morgan fingerprint density at radius 3 is 2.14 bits per heavy atom. The van der Waals surface area contributed by atoms with Crippen LogP contribution in [0.3, 0.4) is 0 Å². The van der Waals surface area contributed by atoms with E-state index in [1.807, 2.05) is 38.1 Å². The molecule has 37 heavy (non-hydrogen) atoms. The summed E-state index contributed by atoms with van der Waals surface area (Å²) in [5, 5.41) is 11.4. The normalized spacial score (nSPS) is 17.4. The molecule has 1 aliphatic heterocycles. The van der Waals surface area contributed by atoms with Gasteiger partial charge in [-0.2, -0.15) is 0 Å². The Labute approximate surface area is 218 Å². The van der Waals surface area contributed by atoms with E-state index >= 15 is 0 Å². The Morgan fingerprint density at radius 2 is 1.57 bits per heavy atom. The lowest BCUT2D eigenvalue weighted by Gasteiger charge is -2.27. The molecule has 3 aromatic rings. The van der Waals surface area contributed by atoms with Crippen LogP contribution < -0.4 is 14.4 Å². The molecule has 1 N–H and O–H groups in total. The molecule has 1 fully saturated rings. The summed E-state index contributed by atoms with van der Waals surface area (Å²) < 4.78 is 11.1. The molecule has 1 amide bonds. The van der Waals surface area contributed by atoms with Gasteiger partial charge in [-0.25, -0.2) is 0 Å². The zero-order chi connectivity index (χ0) is 26.9. The van der Waals surface area contributed by atoms with Gasteiger partial charge < -0.3 is 14.6 Å². The molecule has 1 heterocycles. The highest BCUT2D eigenvalue weighted by molar-refractivity contribution is 6.51. The number of carbonyl (C=O) groups is 2. The van der Waals surface area contributed by atoms with Crippen LogP contribution in [0.5, 0.6) is 11.5 Å². The molecular formula is C31H33NO5. The van der Waals surface area contributed by atoms with Crippen molar-refractivity contribution in [3.8, 4) is 11.5 Å². The van der Waals surface area contributed by atoms with Gasteiger partial charge in [0.2, 0.25) is 0 Å². The maximum absolute atomic E-state index is 13.4. The molecule has 0 spiro atoms. The first-order valence-electron chi connectivity index (χ1n) is 12.3. The van der Waals surface area contributed by atoms with Crippen LogP contribution in [-0.2, 0) is 15.0 Å². The van der Waals surface area contributed by atoms with Crippen LogP contribution in [-0.4, -0.2) is 30.0 Å². The summed E-state index contributed by atoms with van der Waals surface area (Å²) in [4.78, 5) is 28.3. The smallest absolute Gasteiger partial charge is 0.300 e. The molecule has 0 saturated carbocycles. The van der Waals surface area contributed by atoms with Crippen molar-refractivity contribution in [1.29, 1.82) is 0 Å². The maximum atomic E-state index is 13.4. The van der Waals surface area contributed by atoms with E-state index in [0.29, 0.717) is 22.7 Å². The standard InChI is InChI=1S/C31H33NO5/c1-19(2)37-24-16-12-21(13-17-24)28(33)26-27(20-10-14-22(15-11-20)31(3,4)5)32(30(35)29(26)34)23-8-7-9-25(18-23)36-6/h7-19,27,33H,1-6H3/b28-26+. The lowest BCUT2D eigenvalue weighted by Crippen LogP contribution is -2.29. The van der Waals surface area contributed by atoms with E-state index in [9.17, 15) is 14.7 Å². The number of hydrogen-bond acceptors (Lipinski definition) is 5. The lowest BCUT2D eigenvalue weighted by molar-refractivity contribution is -0.132. The largest absolute Gasteiger partial charge is 0.507 e. The third-order valence-corrected chi connectivity index (χ3v) is 6.37. The second-order valence-corrected chi connectivity index (χ2v) is 10.4. The first-order valence-corrected chi connectivity index (χ1v) is 12.3. The number of amides is 1. The van der Waals surface area contributed by atoms with Crippen LogP contribution in [0.15, 0.2) is 78.4 Å². The second kappa shape index (κ2) is 10.1. The third kappa shape index (κ3) is 5.24. The number of methoxy groups -OCH3 is 1. The fourth-order valence-corrected chi connectivity index (χ4v) is 4.46. The summed E-state index contributed by atoms with van der Waals surface area (Å²) in [6.07, 6.45) is 0.00343. The number of Topliss-reactive ketones (excluding diaryl/α,β-unsaturated/α-hetero) is 1. The van der Waals surface area contributed by atoms with Gasteiger partial charge in [-0.05, 0) is 66.8 Å². The molecule has 6 heteroatoms. The summed E-state index contributed by atoms with van der Waals surface area (Å²) in [6, 6.07) is 20.9. The summed E-state index contributed by atoms with van der Waals surface area (Å²) >= 11 is 0. The van der Waals surface area contributed by atoms with Crippen molar-refractivity contribution in [2.45, 2.75) is 52.2 Å². The number of rotatable bonds is 6. The lowest BCUT2D eigenvalue weighted by atomic mass is 9.85. The number of benzene rings is 3. The van der Waals surface area contributed by atoms with Gasteiger partial charge in [0, 0.05) is 17.3 Å². The molecule has 3 aromatic carbocycles. The van der Waals surface area contributed by atoms with E-state index in [-0.39, 0.29) is 22.9 Å². The van der Waals surface area contributed by atoms with Crippen molar-refractivity contribution in [2.24, 2.45) is 0 Å². The second-order valence-electron chi connectivity index (χ2n) is 10.4. The van der Waals surface area contributed by atoms with Crippen molar-refractivity contribution in [2.75, 3.05) is 12.0 Å². The predicted molar refractivity (Wildman–Crippen MR) is 145 cm³/mol. The molecule has 0 aliphatic carbocycles. The van der Waals surface area contributed by atoms with Crippen molar-refractivity contribution in [1.82, 2.24) is 0 Å². The molecule has 4 rings (SSSR count). The maximum Gasteiger partial charge on any atom is 0.300 e. The monoisotopic (exact) mass is 499 g/mol. The van der Waals surface area contributed by atoms with Gasteiger partial charge >= 0.3 is 0 Å². The van der Waals surface area contributed by atoms with Gasteiger partial charge in [0.15, 0.2) is 0 Å². The highest BCUT2D eigenvalue weighted by Crippen LogP contribution is 2.43. The number of nitrogens with zero attached hydrogens (tertiary/aromatic N) is 1. The third-order valence-electron chi connectivity index (χ3n) is 6.37. The number of carbonyl (C=O) groups excluding carboxylic acids is 2. The molecule has 192 valence electrons. The Bertz CT molecular complexity index is 1330. The zero-order valence-corrected chi connectivity index (χ0v) is 22.1. The molecule has 1 atom stereocenters. The summed E-state index contributed by atoms with van der Waals surface area (Å²) in [7, 11) is 1.54. The van der Waals surface area contributed by atoms with Crippen LogP contribution in [0.25, 0.3) is 5.76 Å². The Hall–Kier alpha value is -4.06. The van der Waals surface area contributed by atoms with Gasteiger partial charge in [-0.3, -0.25) is 14.5 Å². The van der Waals surface area contributed by atoms with Gasteiger partial charge in [0.25, 0.3) is 11.7 Å². The SMILES string of the molecule is COc1cccc(N2C(=O)C(=O)/C(=C(/O)c3ccc(OC(C)C)cc3)C2c2ccc(C(C)(C)C)cc2)c1. The molecule has 0 bridgehead atoms. The molecular weight excluding hydrogens is 466 g/mol. The average molecular weight is 500 g/mol. The van der Waals surface area contributed by atoms with Crippen molar-refractivity contribution in [3.05, 3.63) is 95.1 Å². The van der Waals surface area contributed by atoms with Gasteiger partial charge in [0.1, 0.15) is 17.3 Å². The van der Waals surface area contributed by atoms with Crippen molar-refractivity contribution in [3.63, 3.8) is 0 Å². The minimum atomic E-state index is -0.812. The molecule has 1 unspecified atom stereocenters. The van der Waals surface area contributed by atoms with Crippen LogP contribution >= 0.6 is 0 Å². The number of ether oxygens (including phenoxy) is 2. The Morgan fingerprint density at radius 1 is 0.919 bits per heavy atom.